The number of pyridine rings is 1. The molecule has 32 heavy (non-hydrogen) atoms. The second-order valence-corrected chi connectivity index (χ2v) is 8.96. The molecule has 5 rings (SSSR count). The van der Waals surface area contributed by atoms with E-state index in [9.17, 15) is 19.7 Å². The summed E-state index contributed by atoms with van der Waals surface area (Å²) in [6.45, 7) is 4.36. The molecule has 0 atom stereocenters. The van der Waals surface area contributed by atoms with Crippen LogP contribution in [0.15, 0.2) is 53.3 Å². The van der Waals surface area contributed by atoms with Crippen LogP contribution >= 0.6 is 11.3 Å². The van der Waals surface area contributed by atoms with Crippen LogP contribution in [0.5, 0.6) is 0 Å². The number of H-pyrrole nitrogens is 1. The van der Waals surface area contributed by atoms with E-state index in [4.69, 9.17) is 0 Å². The maximum Gasteiger partial charge on any atom is 0.269 e. The van der Waals surface area contributed by atoms with Crippen LogP contribution in [-0.2, 0) is 0 Å². The number of hydrogen-bond donors (Lipinski definition) is 1. The highest BCUT2D eigenvalue weighted by atomic mass is 32.1. The number of aromatic nitrogens is 1. The lowest BCUT2D eigenvalue weighted by molar-refractivity contribution is -0.384. The average Bonchev–Trinajstić information content (AvgIpc) is 3.26. The zero-order valence-electron chi connectivity index (χ0n) is 17.3. The Bertz CT molecular complexity index is 1420. The maximum atomic E-state index is 13.2. The summed E-state index contributed by atoms with van der Waals surface area (Å²) in [5, 5.41) is 12.3. The van der Waals surface area contributed by atoms with Crippen molar-refractivity contribution >= 4 is 49.6 Å². The SMILES string of the molecule is Cc1ccc2[nH]c(=O)c3cc(C(=O)N4CCN(c5ccc([N+](=O)[O-])cc5)CC4)sc3c2c1. The zero-order valence-corrected chi connectivity index (χ0v) is 18.1. The number of aryl methyl sites for hydroxylation is 1. The van der Waals surface area contributed by atoms with Gasteiger partial charge in [0.05, 0.1) is 15.2 Å². The maximum absolute atomic E-state index is 13.2. The molecule has 1 aliphatic rings. The fourth-order valence-corrected chi connectivity index (χ4v) is 5.27. The molecule has 162 valence electrons. The number of carbonyl (C=O) groups is 1. The predicted octanol–water partition coefficient (Wildman–Crippen LogP) is 3.92. The highest BCUT2D eigenvalue weighted by Gasteiger charge is 2.25. The number of benzene rings is 2. The van der Waals surface area contributed by atoms with E-state index in [0.717, 1.165) is 26.9 Å². The highest BCUT2D eigenvalue weighted by Crippen LogP contribution is 2.31. The number of rotatable bonds is 3. The summed E-state index contributed by atoms with van der Waals surface area (Å²) < 4.78 is 0.834. The summed E-state index contributed by atoms with van der Waals surface area (Å²) >= 11 is 1.36. The molecule has 0 aliphatic carbocycles. The minimum absolute atomic E-state index is 0.0602. The van der Waals surface area contributed by atoms with Crippen molar-refractivity contribution in [1.82, 2.24) is 9.88 Å². The molecular weight excluding hydrogens is 428 g/mol. The summed E-state index contributed by atoms with van der Waals surface area (Å²) in [6, 6.07) is 14.0. The Kier molecular flexibility index (Phi) is 4.90. The topological polar surface area (TPSA) is 99.6 Å². The number of fused-ring (bicyclic) bond motifs is 3. The van der Waals surface area contributed by atoms with Gasteiger partial charge in [-0.15, -0.1) is 11.3 Å². The molecule has 4 aromatic rings. The molecule has 8 nitrogen and oxygen atoms in total. The van der Waals surface area contributed by atoms with Crippen LogP contribution in [0.1, 0.15) is 15.2 Å². The third-order valence-electron chi connectivity index (χ3n) is 5.85. The monoisotopic (exact) mass is 448 g/mol. The number of piperazine rings is 1. The van der Waals surface area contributed by atoms with Gasteiger partial charge in [-0.1, -0.05) is 11.6 Å². The second-order valence-electron chi connectivity index (χ2n) is 7.91. The number of thiophene rings is 1. The van der Waals surface area contributed by atoms with Gasteiger partial charge >= 0.3 is 0 Å². The number of nitrogens with one attached hydrogen (secondary N) is 1. The van der Waals surface area contributed by atoms with E-state index < -0.39 is 4.92 Å². The van der Waals surface area contributed by atoms with E-state index in [-0.39, 0.29) is 17.2 Å². The largest absolute Gasteiger partial charge is 0.368 e. The van der Waals surface area contributed by atoms with Crippen molar-refractivity contribution in [2.75, 3.05) is 31.1 Å². The van der Waals surface area contributed by atoms with Gasteiger partial charge in [0, 0.05) is 59.6 Å². The minimum atomic E-state index is -0.416. The van der Waals surface area contributed by atoms with Crippen LogP contribution in [0.2, 0.25) is 0 Å². The first-order valence-corrected chi connectivity index (χ1v) is 11.1. The van der Waals surface area contributed by atoms with Crippen LogP contribution in [0.25, 0.3) is 21.0 Å². The number of nitrogens with zero attached hydrogens (tertiary/aromatic N) is 3. The van der Waals surface area contributed by atoms with Gasteiger partial charge in [-0.3, -0.25) is 19.7 Å². The van der Waals surface area contributed by atoms with Crippen molar-refractivity contribution in [2.45, 2.75) is 6.92 Å². The molecule has 1 N–H and O–H groups in total. The standard InChI is InChI=1S/C23H20N4O4S/c1-14-2-7-19-17(12-14)21-18(22(28)24-19)13-20(32-21)23(29)26-10-8-25(9-11-26)15-3-5-16(6-4-15)27(30)31/h2-7,12-13H,8-11H2,1H3,(H,24,28). The van der Waals surface area contributed by atoms with Crippen molar-refractivity contribution in [3.05, 3.63) is 79.4 Å². The number of carbonyl (C=O) groups excluding carboxylic acids is 1. The van der Waals surface area contributed by atoms with E-state index in [1.165, 1.54) is 23.5 Å². The number of nitro groups is 1. The number of amides is 1. The Morgan fingerprint density at radius 3 is 2.44 bits per heavy atom. The number of anilines is 1. The molecule has 0 saturated carbocycles. The van der Waals surface area contributed by atoms with Gasteiger partial charge in [0.2, 0.25) is 0 Å². The first-order chi connectivity index (χ1) is 15.4. The molecule has 3 heterocycles. The van der Waals surface area contributed by atoms with Gasteiger partial charge in [0.25, 0.3) is 17.2 Å². The Morgan fingerprint density at radius 1 is 1.03 bits per heavy atom. The second kappa shape index (κ2) is 7.76. The first-order valence-electron chi connectivity index (χ1n) is 10.3. The van der Waals surface area contributed by atoms with Crippen molar-refractivity contribution in [2.24, 2.45) is 0 Å². The Balaban J connectivity index is 1.36. The average molecular weight is 449 g/mol. The van der Waals surface area contributed by atoms with Gasteiger partial charge in [-0.05, 0) is 37.3 Å². The van der Waals surface area contributed by atoms with Crippen LogP contribution in [0.3, 0.4) is 0 Å². The van der Waals surface area contributed by atoms with E-state index in [2.05, 4.69) is 9.88 Å². The van der Waals surface area contributed by atoms with Gasteiger partial charge in [0.1, 0.15) is 0 Å². The third kappa shape index (κ3) is 3.50. The quantitative estimate of drug-likeness (QED) is 0.378. The summed E-state index contributed by atoms with van der Waals surface area (Å²) in [4.78, 5) is 43.5. The summed E-state index contributed by atoms with van der Waals surface area (Å²) in [6.07, 6.45) is 0. The summed E-state index contributed by atoms with van der Waals surface area (Å²) in [5.41, 5.74) is 2.64. The number of nitro benzene ring substituents is 1. The van der Waals surface area contributed by atoms with Crippen LogP contribution in [0, 0.1) is 17.0 Å². The molecule has 0 bridgehead atoms. The lowest BCUT2D eigenvalue weighted by atomic mass is 10.1. The molecular formula is C23H20N4O4S. The third-order valence-corrected chi connectivity index (χ3v) is 7.00. The van der Waals surface area contributed by atoms with Gasteiger partial charge in [-0.25, -0.2) is 0 Å². The van der Waals surface area contributed by atoms with E-state index in [1.807, 2.05) is 25.1 Å². The zero-order chi connectivity index (χ0) is 22.4. The molecule has 2 aromatic heterocycles. The van der Waals surface area contributed by atoms with Gasteiger partial charge in [0.15, 0.2) is 0 Å². The summed E-state index contributed by atoms with van der Waals surface area (Å²) in [5.74, 6) is -0.0743. The minimum Gasteiger partial charge on any atom is -0.368 e. The van der Waals surface area contributed by atoms with Crippen LogP contribution in [-0.4, -0.2) is 46.9 Å². The number of non-ortho nitro benzene ring substituents is 1. The molecule has 0 spiro atoms. The molecule has 1 fully saturated rings. The van der Waals surface area contributed by atoms with Gasteiger partial charge in [-0.2, -0.15) is 0 Å². The van der Waals surface area contributed by atoms with Gasteiger partial charge < -0.3 is 14.8 Å². The lowest BCUT2D eigenvalue weighted by Gasteiger charge is -2.35. The Morgan fingerprint density at radius 2 is 1.75 bits per heavy atom. The summed E-state index contributed by atoms with van der Waals surface area (Å²) in [7, 11) is 0. The van der Waals surface area contributed by atoms with Crippen molar-refractivity contribution in [3.63, 3.8) is 0 Å². The van der Waals surface area contributed by atoms with Crippen molar-refractivity contribution < 1.29 is 9.72 Å². The first kappa shape index (κ1) is 20.2. The van der Waals surface area contributed by atoms with Crippen LogP contribution < -0.4 is 10.5 Å². The molecule has 0 radical (unpaired) electrons. The number of hydrogen-bond acceptors (Lipinski definition) is 6. The fraction of sp³-hybridized carbons (Fsp3) is 0.217. The molecule has 0 unspecified atom stereocenters. The number of aromatic amines is 1. The Hall–Kier alpha value is -3.72. The van der Waals surface area contributed by atoms with Crippen molar-refractivity contribution in [1.29, 1.82) is 0 Å². The van der Waals surface area contributed by atoms with Crippen LogP contribution in [0.4, 0.5) is 11.4 Å². The van der Waals surface area contributed by atoms with Crippen molar-refractivity contribution in [3.8, 4) is 0 Å². The van der Waals surface area contributed by atoms with E-state index in [0.29, 0.717) is 36.4 Å². The smallest absolute Gasteiger partial charge is 0.269 e. The molecule has 9 heteroatoms. The lowest BCUT2D eigenvalue weighted by Crippen LogP contribution is -2.48. The Labute approximate surface area is 186 Å². The predicted molar refractivity (Wildman–Crippen MR) is 126 cm³/mol. The molecule has 1 aliphatic heterocycles. The normalized spacial score (nSPS) is 14.3. The molecule has 1 saturated heterocycles. The highest BCUT2D eigenvalue weighted by molar-refractivity contribution is 7.21. The van der Waals surface area contributed by atoms with E-state index >= 15 is 0 Å². The van der Waals surface area contributed by atoms with E-state index in [1.54, 1.807) is 23.1 Å². The molecule has 1 amide bonds. The molecule has 2 aromatic carbocycles. The fourth-order valence-electron chi connectivity index (χ4n) is 4.12.